The molecule has 2 heterocycles. The van der Waals surface area contributed by atoms with Crippen LogP contribution in [-0.4, -0.2) is 4.57 Å². The number of para-hydroxylation sites is 4. The van der Waals surface area contributed by atoms with E-state index in [1.54, 1.807) is 0 Å². The average Bonchev–Trinajstić information content (AvgIpc) is 3.75. The predicted molar refractivity (Wildman–Crippen MR) is 221 cm³/mol. The van der Waals surface area contributed by atoms with Gasteiger partial charge in [-0.15, -0.1) is 11.3 Å². The Morgan fingerprint density at radius 1 is 0.392 bits per heavy atom. The lowest BCUT2D eigenvalue weighted by molar-refractivity contribution is 1.17. The minimum absolute atomic E-state index is 1.12. The van der Waals surface area contributed by atoms with Gasteiger partial charge in [0.2, 0.25) is 0 Å². The summed E-state index contributed by atoms with van der Waals surface area (Å²) in [5.74, 6) is 0. The molecule has 0 atom stereocenters. The van der Waals surface area contributed by atoms with E-state index < -0.39 is 0 Å². The van der Waals surface area contributed by atoms with Crippen LogP contribution in [0.4, 0.5) is 17.1 Å². The second kappa shape index (κ2) is 11.0. The normalized spacial score (nSPS) is 11.9. The van der Waals surface area contributed by atoms with E-state index in [2.05, 4.69) is 191 Å². The van der Waals surface area contributed by atoms with Crippen molar-refractivity contribution in [3.63, 3.8) is 0 Å². The van der Waals surface area contributed by atoms with Crippen LogP contribution in [0.3, 0.4) is 0 Å². The van der Waals surface area contributed by atoms with E-state index in [-0.39, 0.29) is 0 Å². The molecule has 3 heteroatoms. The maximum absolute atomic E-state index is 2.43. The Bertz CT molecular complexity index is 3140. The molecule has 0 radical (unpaired) electrons. The Labute approximate surface area is 298 Å². The van der Waals surface area contributed by atoms with Crippen LogP contribution in [0.2, 0.25) is 0 Å². The first-order valence-corrected chi connectivity index (χ1v) is 18.3. The summed E-state index contributed by atoms with van der Waals surface area (Å²) in [5, 5.41) is 12.9. The second-order valence-electron chi connectivity index (χ2n) is 13.3. The van der Waals surface area contributed by atoms with E-state index in [0.29, 0.717) is 0 Å². The number of hydrogen-bond acceptors (Lipinski definition) is 2. The van der Waals surface area contributed by atoms with Gasteiger partial charge in [-0.05, 0) is 93.0 Å². The maximum atomic E-state index is 2.43. The standard InChI is InChI=1S/C48H30N2S/c1-3-12-34(13-4-1)49(42-20-11-18-39-38-16-7-9-19-41(38)50(48(39)42)35-14-5-2-6-15-35)36-27-28-37-33(30-36)25-24-31-22-23-32-26-29-44-47(46(32)45(31)37)40-17-8-10-21-43(40)51-44/h1-30H. The highest BCUT2D eigenvalue weighted by atomic mass is 32.1. The van der Waals surface area contributed by atoms with Gasteiger partial charge in [0.15, 0.2) is 0 Å². The SMILES string of the molecule is c1ccc(N(c2ccc3c(ccc4ccc5ccc6sc7ccccc7c6c5c43)c2)c2cccc3c4ccccc4n(-c4ccccc4)c23)cc1. The Kier molecular flexibility index (Phi) is 6.16. The van der Waals surface area contributed by atoms with E-state index in [0.717, 1.165) is 22.7 Å². The van der Waals surface area contributed by atoms with Crippen LogP contribution in [0.25, 0.3) is 80.0 Å². The number of hydrogen-bond donors (Lipinski definition) is 0. The molecule has 0 unspecified atom stereocenters. The summed E-state index contributed by atoms with van der Waals surface area (Å²) < 4.78 is 5.09. The van der Waals surface area contributed by atoms with Gasteiger partial charge in [-0.25, -0.2) is 0 Å². The number of benzene rings is 9. The first kappa shape index (κ1) is 28.4. The van der Waals surface area contributed by atoms with E-state index in [9.17, 15) is 0 Å². The van der Waals surface area contributed by atoms with Gasteiger partial charge in [-0.3, -0.25) is 0 Å². The lowest BCUT2D eigenvalue weighted by Crippen LogP contribution is -2.11. The molecule has 0 saturated carbocycles. The van der Waals surface area contributed by atoms with Gasteiger partial charge in [-0.1, -0.05) is 121 Å². The van der Waals surface area contributed by atoms with E-state index in [1.807, 2.05) is 11.3 Å². The topological polar surface area (TPSA) is 8.17 Å². The molecule has 0 aliphatic rings. The summed E-state index contributed by atoms with van der Waals surface area (Å²) in [5.41, 5.74) is 6.90. The first-order chi connectivity index (χ1) is 25.3. The van der Waals surface area contributed by atoms with Crippen molar-refractivity contribution in [1.82, 2.24) is 4.57 Å². The fourth-order valence-electron chi connectivity index (χ4n) is 8.34. The zero-order chi connectivity index (χ0) is 33.5. The molecule has 0 amide bonds. The van der Waals surface area contributed by atoms with Gasteiger partial charge in [0.05, 0.1) is 16.7 Å². The number of anilines is 3. The van der Waals surface area contributed by atoms with Crippen LogP contribution in [0.15, 0.2) is 182 Å². The number of fused-ring (bicyclic) bond motifs is 12. The second-order valence-corrected chi connectivity index (χ2v) is 14.4. The van der Waals surface area contributed by atoms with E-state index in [1.165, 1.54) is 74.3 Å². The molecule has 2 aromatic heterocycles. The van der Waals surface area contributed by atoms with Gasteiger partial charge in [0.25, 0.3) is 0 Å². The third kappa shape index (κ3) is 4.22. The van der Waals surface area contributed by atoms with Gasteiger partial charge < -0.3 is 9.47 Å². The zero-order valence-electron chi connectivity index (χ0n) is 27.6. The quantitative estimate of drug-likeness (QED) is 0.170. The van der Waals surface area contributed by atoms with Crippen molar-refractivity contribution in [2.24, 2.45) is 0 Å². The lowest BCUT2D eigenvalue weighted by Gasteiger charge is -2.27. The highest BCUT2D eigenvalue weighted by molar-refractivity contribution is 7.26. The molecule has 2 nitrogen and oxygen atoms in total. The molecule has 9 aromatic carbocycles. The summed E-state index contributed by atoms with van der Waals surface area (Å²) in [6.07, 6.45) is 0. The monoisotopic (exact) mass is 666 g/mol. The van der Waals surface area contributed by atoms with Gasteiger partial charge >= 0.3 is 0 Å². The van der Waals surface area contributed by atoms with E-state index >= 15 is 0 Å². The Balaban J connectivity index is 1.21. The summed E-state index contributed by atoms with van der Waals surface area (Å²) in [7, 11) is 0. The lowest BCUT2D eigenvalue weighted by atomic mass is 9.93. The number of rotatable bonds is 4. The summed E-state index contributed by atoms with van der Waals surface area (Å²) in [6, 6.07) is 66.6. The molecule has 0 fully saturated rings. The fraction of sp³-hybridized carbons (Fsp3) is 0. The Morgan fingerprint density at radius 3 is 1.90 bits per heavy atom. The molecule has 11 aromatic rings. The molecule has 238 valence electrons. The van der Waals surface area contributed by atoms with Gasteiger partial charge in [0.1, 0.15) is 0 Å². The molecule has 0 bridgehead atoms. The van der Waals surface area contributed by atoms with Crippen molar-refractivity contribution >= 4 is 103 Å². The van der Waals surface area contributed by atoms with Gasteiger partial charge in [0, 0.05) is 48.0 Å². The third-order valence-electron chi connectivity index (χ3n) is 10.5. The van der Waals surface area contributed by atoms with Crippen molar-refractivity contribution in [3.8, 4) is 5.69 Å². The zero-order valence-corrected chi connectivity index (χ0v) is 28.4. The van der Waals surface area contributed by atoms with Crippen molar-refractivity contribution < 1.29 is 0 Å². The first-order valence-electron chi connectivity index (χ1n) is 17.4. The summed E-state index contributed by atoms with van der Waals surface area (Å²) >= 11 is 1.89. The van der Waals surface area contributed by atoms with Gasteiger partial charge in [-0.2, -0.15) is 0 Å². The summed E-state index contributed by atoms with van der Waals surface area (Å²) in [4.78, 5) is 2.43. The highest BCUT2D eigenvalue weighted by Gasteiger charge is 2.22. The van der Waals surface area contributed by atoms with Crippen LogP contribution >= 0.6 is 11.3 Å². The number of aromatic nitrogens is 1. The third-order valence-corrected chi connectivity index (χ3v) is 11.6. The van der Waals surface area contributed by atoms with Crippen LogP contribution < -0.4 is 4.90 Å². The smallest absolute Gasteiger partial charge is 0.0782 e. The van der Waals surface area contributed by atoms with Crippen LogP contribution in [0.1, 0.15) is 0 Å². The largest absolute Gasteiger partial charge is 0.308 e. The van der Waals surface area contributed by atoms with E-state index in [4.69, 9.17) is 0 Å². The minimum Gasteiger partial charge on any atom is -0.308 e. The molecular formula is C48H30N2S. The van der Waals surface area contributed by atoms with Crippen molar-refractivity contribution in [1.29, 1.82) is 0 Å². The number of thiophene rings is 1. The Hall–Kier alpha value is -6.42. The maximum Gasteiger partial charge on any atom is 0.0782 e. The Morgan fingerprint density at radius 2 is 1.06 bits per heavy atom. The van der Waals surface area contributed by atoms with Crippen LogP contribution in [0.5, 0.6) is 0 Å². The molecular weight excluding hydrogens is 637 g/mol. The average molecular weight is 667 g/mol. The van der Waals surface area contributed by atoms with Crippen molar-refractivity contribution in [2.45, 2.75) is 0 Å². The van der Waals surface area contributed by atoms with Crippen molar-refractivity contribution in [2.75, 3.05) is 4.90 Å². The fourth-order valence-corrected chi connectivity index (χ4v) is 9.46. The molecule has 0 saturated heterocycles. The van der Waals surface area contributed by atoms with Crippen LogP contribution in [-0.2, 0) is 0 Å². The minimum atomic E-state index is 1.12. The number of nitrogens with zero attached hydrogens (tertiary/aromatic N) is 2. The van der Waals surface area contributed by atoms with Crippen molar-refractivity contribution in [3.05, 3.63) is 182 Å². The molecule has 11 rings (SSSR count). The molecule has 0 aliphatic carbocycles. The molecule has 0 aliphatic heterocycles. The van der Waals surface area contributed by atoms with Crippen LogP contribution in [0, 0.1) is 0 Å². The molecule has 0 spiro atoms. The predicted octanol–water partition coefficient (Wildman–Crippen LogP) is 14.1. The highest BCUT2D eigenvalue weighted by Crippen LogP contribution is 2.46. The summed E-state index contributed by atoms with van der Waals surface area (Å²) in [6.45, 7) is 0. The molecule has 0 N–H and O–H groups in total. The molecule has 51 heavy (non-hydrogen) atoms.